The topological polar surface area (TPSA) is 122 Å². The smallest absolute Gasteiger partial charge is 0.408 e. The van der Waals surface area contributed by atoms with Crippen molar-refractivity contribution in [1.82, 2.24) is 4.90 Å². The van der Waals surface area contributed by atoms with Crippen molar-refractivity contribution in [3.8, 4) is 6.07 Å². The Labute approximate surface area is 78.8 Å². The van der Waals surface area contributed by atoms with Crippen LogP contribution in [0.1, 0.15) is 6.42 Å². The Hall–Kier alpha value is -1.81. The number of aliphatic hydroxyl groups is 1. The zero-order valence-electron chi connectivity index (χ0n) is 7.04. The first-order valence-corrected chi connectivity index (χ1v) is 3.75. The van der Waals surface area contributed by atoms with Crippen LogP contribution >= 0.6 is 0 Å². The highest BCUT2D eigenvalue weighted by atomic mass is 16.4. The number of rotatable bonds is 1. The second-order valence-corrected chi connectivity index (χ2v) is 3.11. The Morgan fingerprint density at radius 1 is 1.50 bits per heavy atom. The second-order valence-electron chi connectivity index (χ2n) is 3.11. The molecule has 7 heteroatoms. The minimum Gasteiger partial charge on any atom is -0.480 e. The molecule has 0 aromatic carbocycles. The van der Waals surface area contributed by atoms with Gasteiger partial charge in [-0.15, -0.1) is 0 Å². The van der Waals surface area contributed by atoms with E-state index in [9.17, 15) is 14.7 Å². The molecule has 0 aliphatic carbocycles. The lowest BCUT2D eigenvalue weighted by molar-refractivity contribution is -0.141. The minimum atomic E-state index is -1.89. The van der Waals surface area contributed by atoms with E-state index in [1.807, 2.05) is 0 Å². The van der Waals surface area contributed by atoms with E-state index in [0.717, 1.165) is 0 Å². The predicted octanol–water partition coefficient (Wildman–Crippen LogP) is -0.922. The van der Waals surface area contributed by atoms with Gasteiger partial charge < -0.3 is 15.3 Å². The van der Waals surface area contributed by atoms with E-state index >= 15 is 0 Å². The average Bonchev–Trinajstić information content (AvgIpc) is 2.45. The van der Waals surface area contributed by atoms with Crippen LogP contribution in [0.2, 0.25) is 0 Å². The highest BCUT2D eigenvalue weighted by molar-refractivity contribution is 5.80. The summed E-state index contributed by atoms with van der Waals surface area (Å²) in [6.07, 6.45) is -1.85. The number of likely N-dealkylation sites (tertiary alicyclic amines) is 1. The molecule has 1 rings (SSSR count). The Morgan fingerprint density at radius 3 is 2.36 bits per heavy atom. The fraction of sp³-hybridized carbons (Fsp3) is 0.571. The summed E-state index contributed by atoms with van der Waals surface area (Å²) in [5, 5.41) is 35.2. The van der Waals surface area contributed by atoms with Gasteiger partial charge >= 0.3 is 12.1 Å². The van der Waals surface area contributed by atoms with E-state index in [2.05, 4.69) is 0 Å². The number of amides is 1. The molecule has 1 aliphatic rings. The van der Waals surface area contributed by atoms with Gasteiger partial charge in [-0.2, -0.15) is 5.26 Å². The van der Waals surface area contributed by atoms with E-state index in [0.29, 0.717) is 4.90 Å². The van der Waals surface area contributed by atoms with Crippen LogP contribution in [-0.4, -0.2) is 50.5 Å². The molecule has 1 unspecified atom stereocenters. The van der Waals surface area contributed by atoms with Gasteiger partial charge in [0.25, 0.3) is 0 Å². The van der Waals surface area contributed by atoms with Gasteiger partial charge in [0.15, 0.2) is 5.60 Å². The van der Waals surface area contributed by atoms with Crippen LogP contribution in [0, 0.1) is 11.3 Å². The molecular formula is C7H8N2O5. The molecule has 3 N–H and O–H groups in total. The number of β-amino-alcohol motifs (C(OH)–C–C–N with tert-alkyl or cyclic N) is 1. The molecule has 0 saturated carbocycles. The van der Waals surface area contributed by atoms with Gasteiger partial charge in [-0.05, 0) is 0 Å². The Kier molecular flexibility index (Phi) is 2.32. The quantitative estimate of drug-likeness (QED) is 0.470. The molecule has 76 valence electrons. The molecule has 7 nitrogen and oxygen atoms in total. The van der Waals surface area contributed by atoms with Crippen LogP contribution in [0.15, 0.2) is 0 Å². The van der Waals surface area contributed by atoms with Crippen molar-refractivity contribution in [2.24, 2.45) is 0 Å². The van der Waals surface area contributed by atoms with Crippen molar-refractivity contribution in [3.05, 3.63) is 0 Å². The van der Waals surface area contributed by atoms with Gasteiger partial charge in [0.2, 0.25) is 0 Å². The number of hydrogen-bond donors (Lipinski definition) is 3. The molecule has 0 radical (unpaired) electrons. The number of aliphatic carboxylic acids is 1. The predicted molar refractivity (Wildman–Crippen MR) is 41.3 cm³/mol. The van der Waals surface area contributed by atoms with E-state index in [-0.39, 0.29) is 0 Å². The molecule has 0 aromatic rings. The molecule has 1 aliphatic heterocycles. The molecular weight excluding hydrogens is 192 g/mol. The van der Waals surface area contributed by atoms with E-state index in [1.165, 1.54) is 6.07 Å². The van der Waals surface area contributed by atoms with E-state index in [1.54, 1.807) is 0 Å². The van der Waals surface area contributed by atoms with E-state index < -0.39 is 36.7 Å². The van der Waals surface area contributed by atoms with Crippen molar-refractivity contribution in [2.75, 3.05) is 6.54 Å². The number of hydrogen-bond acceptors (Lipinski definition) is 4. The maximum atomic E-state index is 10.6. The van der Waals surface area contributed by atoms with Crippen molar-refractivity contribution in [2.45, 2.75) is 18.1 Å². The van der Waals surface area contributed by atoms with Crippen LogP contribution in [0.5, 0.6) is 0 Å². The van der Waals surface area contributed by atoms with Gasteiger partial charge in [-0.25, -0.2) is 9.59 Å². The molecule has 1 amide bonds. The van der Waals surface area contributed by atoms with Gasteiger partial charge in [0.1, 0.15) is 6.04 Å². The Balaban J connectivity index is 2.92. The summed E-state index contributed by atoms with van der Waals surface area (Å²) >= 11 is 0. The number of nitrogens with zero attached hydrogens (tertiary/aromatic N) is 2. The Morgan fingerprint density at radius 2 is 2.07 bits per heavy atom. The van der Waals surface area contributed by atoms with Gasteiger partial charge in [-0.3, -0.25) is 4.90 Å². The normalized spacial score (nSPS) is 31.1. The van der Waals surface area contributed by atoms with E-state index in [4.69, 9.17) is 15.5 Å². The third-order valence-corrected chi connectivity index (χ3v) is 2.08. The molecule has 0 aromatic heterocycles. The minimum absolute atomic E-state index is 0.398. The summed E-state index contributed by atoms with van der Waals surface area (Å²) in [7, 11) is 0. The largest absolute Gasteiger partial charge is 0.480 e. The van der Waals surface area contributed by atoms with Crippen LogP contribution in [0.3, 0.4) is 0 Å². The summed E-state index contributed by atoms with van der Waals surface area (Å²) in [5.41, 5.74) is -1.89. The van der Waals surface area contributed by atoms with Gasteiger partial charge in [-0.1, -0.05) is 0 Å². The lowest BCUT2D eigenvalue weighted by Gasteiger charge is -2.16. The lowest BCUT2D eigenvalue weighted by atomic mass is 10.0. The highest BCUT2D eigenvalue weighted by Gasteiger charge is 2.48. The number of nitriles is 1. The summed E-state index contributed by atoms with van der Waals surface area (Å²) < 4.78 is 0. The SMILES string of the molecule is N#CC1(O)C[C@@H](C(=O)O)N(C(=O)O)C1. The molecule has 14 heavy (non-hydrogen) atoms. The second kappa shape index (κ2) is 3.16. The average molecular weight is 200 g/mol. The molecule has 1 heterocycles. The third kappa shape index (κ3) is 1.60. The van der Waals surface area contributed by atoms with Gasteiger partial charge in [0.05, 0.1) is 12.6 Å². The van der Waals surface area contributed by atoms with Crippen molar-refractivity contribution >= 4 is 12.1 Å². The summed E-state index contributed by atoms with van der Waals surface area (Å²) in [5.74, 6) is -1.36. The van der Waals surface area contributed by atoms with Crippen molar-refractivity contribution in [3.63, 3.8) is 0 Å². The maximum absolute atomic E-state index is 10.6. The standard InChI is InChI=1S/C7H8N2O5/c8-2-7(14)1-4(5(10)11)9(3-7)6(12)13/h4,14H,1,3H2,(H,10,11)(H,12,13)/t4-,7?/m0/s1. The monoisotopic (exact) mass is 200 g/mol. The summed E-state index contributed by atoms with van der Waals surface area (Å²) in [6, 6.07) is 0.147. The lowest BCUT2D eigenvalue weighted by Crippen LogP contribution is -2.40. The molecule has 0 spiro atoms. The third-order valence-electron chi connectivity index (χ3n) is 2.08. The first kappa shape index (κ1) is 10.3. The fourth-order valence-electron chi connectivity index (χ4n) is 1.39. The number of carboxylic acid groups (broad SMARTS) is 2. The van der Waals surface area contributed by atoms with Crippen molar-refractivity contribution < 1.29 is 24.9 Å². The molecule has 0 bridgehead atoms. The zero-order chi connectivity index (χ0) is 10.9. The number of carbonyl (C=O) groups is 2. The maximum Gasteiger partial charge on any atom is 0.408 e. The first-order chi connectivity index (χ1) is 6.39. The van der Waals surface area contributed by atoms with Crippen LogP contribution in [0.25, 0.3) is 0 Å². The fourth-order valence-corrected chi connectivity index (χ4v) is 1.39. The van der Waals surface area contributed by atoms with Crippen LogP contribution < -0.4 is 0 Å². The molecule has 2 atom stereocenters. The van der Waals surface area contributed by atoms with Crippen molar-refractivity contribution in [1.29, 1.82) is 5.26 Å². The van der Waals surface area contributed by atoms with Crippen LogP contribution in [-0.2, 0) is 4.79 Å². The summed E-state index contributed by atoms with van der Waals surface area (Å²) in [6.45, 7) is -0.490. The zero-order valence-corrected chi connectivity index (χ0v) is 7.04. The van der Waals surface area contributed by atoms with Crippen LogP contribution in [0.4, 0.5) is 4.79 Å². The molecule has 1 fully saturated rings. The highest BCUT2D eigenvalue weighted by Crippen LogP contribution is 2.26. The van der Waals surface area contributed by atoms with Gasteiger partial charge in [0, 0.05) is 6.42 Å². The summed E-state index contributed by atoms with van der Waals surface area (Å²) in [4.78, 5) is 21.7. The Bertz CT molecular complexity index is 299. The number of carboxylic acids is 1. The first-order valence-electron chi connectivity index (χ1n) is 3.75. The molecule has 1 saturated heterocycles.